The number of aromatic nitrogens is 4. The van der Waals surface area contributed by atoms with E-state index in [2.05, 4.69) is 10.2 Å². The maximum atomic E-state index is 4.81. The average molecular weight is 494 g/mol. The van der Waals surface area contributed by atoms with Gasteiger partial charge < -0.3 is 0 Å². The van der Waals surface area contributed by atoms with E-state index in [0.29, 0.717) is 0 Å². The van der Waals surface area contributed by atoms with Gasteiger partial charge in [-0.05, 0) is 50.2 Å². The van der Waals surface area contributed by atoms with E-state index >= 15 is 0 Å². The zero-order chi connectivity index (χ0) is 19.5. The normalized spacial score (nSPS) is 9.78. The fourth-order valence-electron chi connectivity index (χ4n) is 2.28. The van der Waals surface area contributed by atoms with Gasteiger partial charge >= 0.3 is 35.0 Å². The first-order chi connectivity index (χ1) is 13.1. The molecule has 0 saturated carbocycles. The van der Waals surface area contributed by atoms with E-state index in [0.717, 1.165) is 22.8 Å². The third-order valence-electron chi connectivity index (χ3n) is 3.49. The fourth-order valence-corrected chi connectivity index (χ4v) is 2.28. The van der Waals surface area contributed by atoms with Crippen LogP contribution in [0.25, 0.3) is 11.4 Å². The van der Waals surface area contributed by atoms with Crippen molar-refractivity contribution >= 4 is 19.1 Å². The first-order valence-corrected chi connectivity index (χ1v) is 12.1. The minimum atomic E-state index is -0.106. The van der Waals surface area contributed by atoms with Gasteiger partial charge in [-0.3, -0.25) is 0 Å². The minimum absolute atomic E-state index is 0.106. The van der Waals surface area contributed by atoms with E-state index in [1.165, 1.54) is 0 Å². The topological polar surface area (TPSA) is 35.6 Å². The Kier molecular flexibility index (Phi) is 9.31. The first kappa shape index (κ1) is 21.4. The van der Waals surface area contributed by atoms with Crippen LogP contribution in [0.4, 0.5) is 0 Å². The second kappa shape index (κ2) is 11.7. The van der Waals surface area contributed by atoms with Gasteiger partial charge in [0.25, 0.3) is 0 Å². The molecule has 0 atom stereocenters. The van der Waals surface area contributed by atoms with Crippen LogP contribution in [0.15, 0.2) is 85.2 Å². The summed E-state index contributed by atoms with van der Waals surface area (Å²) < 4.78 is 3.74. The summed E-state index contributed by atoms with van der Waals surface area (Å²) in [5.74, 6) is 0. The molecule has 144 valence electrons. The van der Waals surface area contributed by atoms with Crippen molar-refractivity contribution in [1.82, 2.24) is 19.6 Å². The van der Waals surface area contributed by atoms with Crippen molar-refractivity contribution in [3.8, 4) is 11.4 Å². The Labute approximate surface area is 175 Å². The summed E-state index contributed by atoms with van der Waals surface area (Å²) in [7, 11) is 9.63. The van der Waals surface area contributed by atoms with Crippen LogP contribution in [0.5, 0.6) is 0 Å². The van der Waals surface area contributed by atoms with Crippen molar-refractivity contribution in [1.29, 1.82) is 0 Å². The molecule has 4 nitrogen and oxygen atoms in total. The monoisotopic (exact) mass is 492 g/mol. The number of hydrogen-bond acceptors (Lipinski definition) is 2. The van der Waals surface area contributed by atoms with Gasteiger partial charge in [0.2, 0.25) is 0 Å². The molecule has 7 heteroatoms. The zero-order valence-electron chi connectivity index (χ0n) is 14.9. The third-order valence-corrected chi connectivity index (χ3v) is 3.49. The number of para-hydroxylation sites is 2. The van der Waals surface area contributed by atoms with Crippen molar-refractivity contribution in [2.75, 3.05) is 0 Å². The number of rotatable bonds is 2. The van der Waals surface area contributed by atoms with Crippen LogP contribution < -0.4 is 0 Å². The molecule has 0 aliphatic rings. The van der Waals surface area contributed by atoms with Crippen molar-refractivity contribution in [3.63, 3.8) is 0 Å². The Morgan fingerprint density at radius 3 is 1.22 bits per heavy atom. The quantitative estimate of drug-likeness (QED) is 0.334. The van der Waals surface area contributed by atoms with E-state index in [-0.39, 0.29) is 15.9 Å². The number of aryl methyl sites for hydroxylation is 2. The van der Waals surface area contributed by atoms with Crippen molar-refractivity contribution < 1.29 is 15.9 Å². The van der Waals surface area contributed by atoms with Crippen LogP contribution in [0.1, 0.15) is 11.4 Å². The SMILES string of the molecule is Cc1ccn(-c2ccccc2)n1.Cc1ccn(-c2ccccc2)n1.[Cl][Pd][Cl]. The van der Waals surface area contributed by atoms with Crippen LogP contribution in [-0.2, 0) is 15.9 Å². The molecule has 2 heterocycles. The van der Waals surface area contributed by atoms with Gasteiger partial charge in [-0.2, -0.15) is 10.2 Å². The standard InChI is InChI=1S/2C10H10N2.2ClH.Pd/c2*1-9-7-8-12(11-9)10-5-3-2-4-6-10;;;/h2*2-8H,1H3;2*1H;/q;;;;+2/p-2. The number of hydrogen-bond donors (Lipinski definition) is 0. The van der Waals surface area contributed by atoms with E-state index in [1.54, 1.807) is 0 Å². The third kappa shape index (κ3) is 7.32. The molecule has 0 saturated heterocycles. The predicted molar refractivity (Wildman–Crippen MR) is 108 cm³/mol. The number of halogens is 2. The van der Waals surface area contributed by atoms with Gasteiger partial charge in [-0.15, -0.1) is 0 Å². The molecule has 27 heavy (non-hydrogen) atoms. The van der Waals surface area contributed by atoms with Crippen molar-refractivity contribution in [3.05, 3.63) is 96.6 Å². The molecule has 0 aliphatic heterocycles. The second-order valence-corrected chi connectivity index (χ2v) is 7.88. The Hall–Kier alpha value is -1.90. The molecule has 0 radical (unpaired) electrons. The molecule has 0 amide bonds. The molecule has 0 fully saturated rings. The Bertz CT molecular complexity index is 832. The van der Waals surface area contributed by atoms with E-state index in [1.807, 2.05) is 108 Å². The summed E-state index contributed by atoms with van der Waals surface area (Å²) in [5, 5.41) is 8.60. The van der Waals surface area contributed by atoms with Crippen LogP contribution in [0.3, 0.4) is 0 Å². The Morgan fingerprint density at radius 1 is 0.630 bits per heavy atom. The van der Waals surface area contributed by atoms with Gasteiger partial charge in [-0.25, -0.2) is 9.36 Å². The molecule has 0 spiro atoms. The summed E-state index contributed by atoms with van der Waals surface area (Å²) in [6.45, 7) is 3.97. The van der Waals surface area contributed by atoms with Crippen LogP contribution >= 0.6 is 19.1 Å². The summed E-state index contributed by atoms with van der Waals surface area (Å²) in [6.07, 6.45) is 3.93. The summed E-state index contributed by atoms with van der Waals surface area (Å²) in [6, 6.07) is 24.1. The zero-order valence-corrected chi connectivity index (χ0v) is 18.0. The fraction of sp³-hybridized carbons (Fsp3) is 0.100. The van der Waals surface area contributed by atoms with E-state index in [9.17, 15) is 0 Å². The van der Waals surface area contributed by atoms with E-state index < -0.39 is 0 Å². The van der Waals surface area contributed by atoms with Gasteiger partial charge in [0.15, 0.2) is 0 Å². The van der Waals surface area contributed by atoms with Crippen LogP contribution in [0, 0.1) is 13.8 Å². The average Bonchev–Trinajstić information content (AvgIpc) is 3.33. The molecule has 0 N–H and O–H groups in total. The molecule has 0 aliphatic carbocycles. The molecular weight excluding hydrogens is 474 g/mol. The van der Waals surface area contributed by atoms with Gasteiger partial charge in [0, 0.05) is 12.4 Å². The summed E-state index contributed by atoms with van der Waals surface area (Å²) >= 11 is -0.106. The maximum absolute atomic E-state index is 4.81. The number of nitrogens with zero attached hydrogens (tertiary/aromatic N) is 4. The van der Waals surface area contributed by atoms with Crippen LogP contribution in [0.2, 0.25) is 0 Å². The van der Waals surface area contributed by atoms with Crippen molar-refractivity contribution in [2.24, 2.45) is 0 Å². The molecule has 4 rings (SSSR count). The van der Waals surface area contributed by atoms with Gasteiger partial charge in [-0.1, -0.05) is 36.4 Å². The first-order valence-electron chi connectivity index (χ1n) is 8.12. The Morgan fingerprint density at radius 2 is 0.963 bits per heavy atom. The molecule has 2 aromatic heterocycles. The predicted octanol–water partition coefficient (Wildman–Crippen LogP) is 5.74. The Balaban J connectivity index is 0.000000170. The second-order valence-electron chi connectivity index (χ2n) is 5.52. The molecular formula is C20H20Cl2N4Pd. The molecule has 0 bridgehead atoms. The summed E-state index contributed by atoms with van der Waals surface area (Å²) in [4.78, 5) is 0. The van der Waals surface area contributed by atoms with Gasteiger partial charge in [0.1, 0.15) is 0 Å². The molecule has 4 aromatic rings. The molecule has 0 unspecified atom stereocenters. The van der Waals surface area contributed by atoms with Crippen LogP contribution in [-0.4, -0.2) is 19.6 Å². The summed E-state index contributed by atoms with van der Waals surface area (Å²) in [5.41, 5.74) is 4.29. The molecule has 2 aromatic carbocycles. The number of benzene rings is 2. The van der Waals surface area contributed by atoms with Crippen molar-refractivity contribution in [2.45, 2.75) is 13.8 Å². The van der Waals surface area contributed by atoms with E-state index in [4.69, 9.17) is 19.1 Å². The van der Waals surface area contributed by atoms with Gasteiger partial charge in [0.05, 0.1) is 22.8 Å².